The second kappa shape index (κ2) is 5.46. The zero-order valence-electron chi connectivity index (χ0n) is 8.94. The number of carbonyl (C=O) groups excluding carboxylic acids is 1. The lowest BCUT2D eigenvalue weighted by Crippen LogP contribution is -2.06. The number of ketones is 1. The van der Waals surface area contributed by atoms with Gasteiger partial charge in [-0.25, -0.2) is 8.42 Å². The van der Waals surface area contributed by atoms with Crippen LogP contribution in [0, 0.1) is 0 Å². The number of halogens is 1. The molecule has 0 saturated carbocycles. The Labute approximate surface area is 99.9 Å². The second-order valence-corrected chi connectivity index (χ2v) is 6.36. The smallest absolute Gasteiger partial charge is 0.233 e. The van der Waals surface area contributed by atoms with E-state index in [0.717, 1.165) is 12.0 Å². The fourth-order valence-corrected chi connectivity index (χ4v) is 1.95. The fourth-order valence-electron chi connectivity index (χ4n) is 1.29. The highest BCUT2D eigenvalue weighted by molar-refractivity contribution is 8.13. The lowest BCUT2D eigenvalue weighted by Gasteiger charge is -2.01. The van der Waals surface area contributed by atoms with Crippen molar-refractivity contribution in [2.45, 2.75) is 19.8 Å². The first-order valence-electron chi connectivity index (χ1n) is 4.97. The average molecular weight is 261 g/mol. The molecule has 1 rings (SSSR count). The molecule has 0 aliphatic carbocycles. The van der Waals surface area contributed by atoms with Gasteiger partial charge in [-0.05, 0) is 12.0 Å². The molecule has 0 unspecified atom stereocenters. The lowest BCUT2D eigenvalue weighted by atomic mass is 10.1. The van der Waals surface area contributed by atoms with E-state index in [1.165, 1.54) is 0 Å². The van der Waals surface area contributed by atoms with Gasteiger partial charge < -0.3 is 0 Å². The molecule has 0 aromatic heterocycles. The van der Waals surface area contributed by atoms with Gasteiger partial charge in [-0.1, -0.05) is 31.2 Å². The maximum Gasteiger partial charge on any atom is 0.233 e. The highest BCUT2D eigenvalue weighted by Crippen LogP contribution is 2.09. The van der Waals surface area contributed by atoms with Crippen molar-refractivity contribution in [2.24, 2.45) is 0 Å². The van der Waals surface area contributed by atoms with Crippen LogP contribution >= 0.6 is 10.7 Å². The van der Waals surface area contributed by atoms with Crippen LogP contribution in [0.2, 0.25) is 0 Å². The van der Waals surface area contributed by atoms with Crippen molar-refractivity contribution in [2.75, 3.05) is 5.75 Å². The Balaban J connectivity index is 2.66. The molecule has 0 heterocycles. The Bertz CT molecular complexity index is 463. The van der Waals surface area contributed by atoms with Crippen molar-refractivity contribution in [1.82, 2.24) is 0 Å². The largest absolute Gasteiger partial charge is 0.294 e. The molecule has 3 nitrogen and oxygen atoms in total. The van der Waals surface area contributed by atoms with Crippen molar-refractivity contribution in [3.8, 4) is 0 Å². The Kier molecular flexibility index (Phi) is 4.50. The highest BCUT2D eigenvalue weighted by Gasteiger charge is 2.11. The summed E-state index contributed by atoms with van der Waals surface area (Å²) in [6.45, 7) is 2.02. The number of hydrogen-bond acceptors (Lipinski definition) is 3. The van der Waals surface area contributed by atoms with Gasteiger partial charge in [-0.2, -0.15) is 0 Å². The monoisotopic (exact) mass is 260 g/mol. The summed E-state index contributed by atoms with van der Waals surface area (Å²) < 4.78 is 21.4. The van der Waals surface area contributed by atoms with Crippen molar-refractivity contribution < 1.29 is 13.2 Å². The van der Waals surface area contributed by atoms with Crippen LogP contribution in [0.15, 0.2) is 24.3 Å². The Hall–Kier alpha value is -0.870. The fraction of sp³-hybridized carbons (Fsp3) is 0.364. The number of aryl methyl sites for hydroxylation is 1. The molecule has 0 atom stereocenters. The van der Waals surface area contributed by atoms with E-state index >= 15 is 0 Å². The van der Waals surface area contributed by atoms with Gasteiger partial charge in [0.2, 0.25) is 9.05 Å². The average Bonchev–Trinajstić information content (AvgIpc) is 2.25. The predicted octanol–water partition coefficient (Wildman–Crippen LogP) is 2.39. The van der Waals surface area contributed by atoms with Gasteiger partial charge in [0.25, 0.3) is 0 Å². The molecule has 1 aromatic carbocycles. The van der Waals surface area contributed by atoms with Crippen LogP contribution in [0.5, 0.6) is 0 Å². The second-order valence-electron chi connectivity index (χ2n) is 3.47. The third-order valence-corrected chi connectivity index (χ3v) is 3.41. The minimum atomic E-state index is -3.59. The molecule has 0 aliphatic heterocycles. The zero-order valence-corrected chi connectivity index (χ0v) is 10.5. The molecule has 0 fully saturated rings. The summed E-state index contributed by atoms with van der Waals surface area (Å²) in [4.78, 5) is 11.6. The van der Waals surface area contributed by atoms with Crippen molar-refractivity contribution in [1.29, 1.82) is 0 Å². The zero-order chi connectivity index (χ0) is 12.2. The molecule has 0 aliphatic rings. The summed E-state index contributed by atoms with van der Waals surface area (Å²) in [5, 5.41) is 0. The first-order valence-corrected chi connectivity index (χ1v) is 7.44. The van der Waals surface area contributed by atoms with E-state index in [9.17, 15) is 13.2 Å². The molecule has 0 N–H and O–H groups in total. The number of benzene rings is 1. The van der Waals surface area contributed by atoms with E-state index in [1.807, 2.05) is 19.1 Å². The topological polar surface area (TPSA) is 51.2 Å². The molecule has 88 valence electrons. The van der Waals surface area contributed by atoms with Crippen LogP contribution in [0.4, 0.5) is 0 Å². The molecule has 0 bridgehead atoms. The Morgan fingerprint density at radius 3 is 2.25 bits per heavy atom. The van der Waals surface area contributed by atoms with Gasteiger partial charge in [0.1, 0.15) is 0 Å². The predicted molar refractivity (Wildman–Crippen MR) is 64.4 cm³/mol. The van der Waals surface area contributed by atoms with Crippen LogP contribution in [-0.2, 0) is 15.5 Å². The number of rotatable bonds is 5. The van der Waals surface area contributed by atoms with E-state index in [1.54, 1.807) is 12.1 Å². The van der Waals surface area contributed by atoms with Crippen molar-refractivity contribution in [3.63, 3.8) is 0 Å². The molecule has 0 saturated heterocycles. The van der Waals surface area contributed by atoms with E-state index in [4.69, 9.17) is 10.7 Å². The molecular formula is C11H13ClO3S. The van der Waals surface area contributed by atoms with E-state index < -0.39 is 9.05 Å². The minimum Gasteiger partial charge on any atom is -0.294 e. The highest BCUT2D eigenvalue weighted by atomic mass is 35.7. The number of Topliss-reactive ketones (excluding diaryl/α,β-unsaturated/α-hetero) is 1. The normalized spacial score (nSPS) is 11.4. The molecule has 0 spiro atoms. The first kappa shape index (κ1) is 13.2. The third-order valence-electron chi connectivity index (χ3n) is 2.26. The van der Waals surface area contributed by atoms with Crippen LogP contribution in [0.3, 0.4) is 0 Å². The maximum absolute atomic E-state index is 11.6. The Morgan fingerprint density at radius 2 is 1.81 bits per heavy atom. The van der Waals surface area contributed by atoms with Gasteiger partial charge >= 0.3 is 0 Å². The molecule has 1 aromatic rings. The van der Waals surface area contributed by atoms with Crippen LogP contribution in [0.1, 0.15) is 29.3 Å². The lowest BCUT2D eigenvalue weighted by molar-refractivity contribution is 0.0989. The molecule has 16 heavy (non-hydrogen) atoms. The van der Waals surface area contributed by atoms with E-state index in [2.05, 4.69) is 0 Å². The van der Waals surface area contributed by atoms with Crippen molar-refractivity contribution >= 4 is 25.5 Å². The standard InChI is InChI=1S/C11H13ClO3S/c1-2-9-3-5-10(6-4-9)11(13)7-8-16(12,14)15/h3-6H,2,7-8H2,1H3. The molecule has 5 heteroatoms. The van der Waals surface area contributed by atoms with Gasteiger partial charge in [-0.15, -0.1) is 0 Å². The van der Waals surface area contributed by atoms with Crippen LogP contribution in [-0.4, -0.2) is 20.0 Å². The summed E-state index contributed by atoms with van der Waals surface area (Å²) in [6, 6.07) is 7.15. The van der Waals surface area contributed by atoms with Gasteiger partial charge in [0.05, 0.1) is 5.75 Å². The van der Waals surface area contributed by atoms with Gasteiger partial charge in [0.15, 0.2) is 5.78 Å². The number of carbonyl (C=O) groups is 1. The van der Waals surface area contributed by atoms with Crippen LogP contribution in [0.25, 0.3) is 0 Å². The summed E-state index contributed by atoms with van der Waals surface area (Å²) >= 11 is 0. The SMILES string of the molecule is CCc1ccc(C(=O)CCS(=O)(=O)Cl)cc1. The number of hydrogen-bond donors (Lipinski definition) is 0. The van der Waals surface area contributed by atoms with Gasteiger partial charge in [-0.3, -0.25) is 4.79 Å². The summed E-state index contributed by atoms with van der Waals surface area (Å²) in [5.41, 5.74) is 1.67. The minimum absolute atomic E-state index is 0.0721. The summed E-state index contributed by atoms with van der Waals surface area (Å²) in [5.74, 6) is -0.519. The van der Waals surface area contributed by atoms with E-state index in [0.29, 0.717) is 5.56 Å². The Morgan fingerprint density at radius 1 is 1.25 bits per heavy atom. The molecular weight excluding hydrogens is 248 g/mol. The summed E-state index contributed by atoms with van der Waals surface area (Å²) in [6.07, 6.45) is 0.835. The third kappa shape index (κ3) is 4.33. The van der Waals surface area contributed by atoms with Crippen LogP contribution < -0.4 is 0 Å². The quantitative estimate of drug-likeness (QED) is 0.603. The van der Waals surface area contributed by atoms with Gasteiger partial charge in [0, 0.05) is 22.7 Å². The molecule has 0 amide bonds. The first-order chi connectivity index (χ1) is 7.42. The van der Waals surface area contributed by atoms with E-state index in [-0.39, 0.29) is 18.0 Å². The molecule has 0 radical (unpaired) electrons. The van der Waals surface area contributed by atoms with Crippen molar-refractivity contribution in [3.05, 3.63) is 35.4 Å². The summed E-state index contributed by atoms with van der Waals surface area (Å²) in [7, 11) is 1.44. The maximum atomic E-state index is 11.6.